The Kier molecular flexibility index (Phi) is 3.72. The monoisotopic (exact) mass is 256 g/mol. The third-order valence-corrected chi connectivity index (χ3v) is 4.69. The zero-order chi connectivity index (χ0) is 13.2. The SMILES string of the molecule is C=C(CN(C)C1CC2CCC(C1)N2)c1ccccc1. The first kappa shape index (κ1) is 12.9. The Morgan fingerprint density at radius 2 is 1.84 bits per heavy atom. The second-order valence-corrected chi connectivity index (χ2v) is 6.15. The van der Waals surface area contributed by atoms with E-state index >= 15 is 0 Å². The van der Waals surface area contributed by atoms with E-state index in [0.717, 1.165) is 24.7 Å². The van der Waals surface area contributed by atoms with Gasteiger partial charge in [0.25, 0.3) is 0 Å². The van der Waals surface area contributed by atoms with E-state index in [2.05, 4.69) is 54.2 Å². The van der Waals surface area contributed by atoms with E-state index in [9.17, 15) is 0 Å². The lowest BCUT2D eigenvalue weighted by molar-refractivity contribution is 0.189. The molecule has 2 heterocycles. The van der Waals surface area contributed by atoms with Crippen LogP contribution in [0.4, 0.5) is 0 Å². The van der Waals surface area contributed by atoms with Crippen molar-refractivity contribution in [3.63, 3.8) is 0 Å². The molecule has 2 unspecified atom stereocenters. The lowest BCUT2D eigenvalue weighted by atomic mass is 9.97. The van der Waals surface area contributed by atoms with E-state index in [0.29, 0.717) is 0 Å². The molecular formula is C17H24N2. The van der Waals surface area contributed by atoms with Crippen LogP contribution in [0.1, 0.15) is 31.2 Å². The molecule has 19 heavy (non-hydrogen) atoms. The molecule has 2 saturated heterocycles. The summed E-state index contributed by atoms with van der Waals surface area (Å²) in [4.78, 5) is 2.50. The molecule has 0 radical (unpaired) electrons. The lowest BCUT2D eigenvalue weighted by Crippen LogP contribution is -2.47. The summed E-state index contributed by atoms with van der Waals surface area (Å²) in [5.74, 6) is 0. The number of nitrogens with one attached hydrogen (secondary N) is 1. The third kappa shape index (κ3) is 2.90. The van der Waals surface area contributed by atoms with Crippen LogP contribution in [-0.2, 0) is 0 Å². The van der Waals surface area contributed by atoms with Gasteiger partial charge in [-0.3, -0.25) is 4.90 Å². The molecule has 2 atom stereocenters. The van der Waals surface area contributed by atoms with E-state index in [1.54, 1.807) is 0 Å². The molecule has 102 valence electrons. The van der Waals surface area contributed by atoms with Crippen LogP contribution in [0, 0.1) is 0 Å². The Morgan fingerprint density at radius 3 is 2.47 bits per heavy atom. The first-order valence-electron chi connectivity index (χ1n) is 7.42. The summed E-state index contributed by atoms with van der Waals surface area (Å²) >= 11 is 0. The van der Waals surface area contributed by atoms with Gasteiger partial charge in [0.2, 0.25) is 0 Å². The fourth-order valence-corrected chi connectivity index (χ4v) is 3.58. The van der Waals surface area contributed by atoms with Gasteiger partial charge in [0.15, 0.2) is 0 Å². The smallest absolute Gasteiger partial charge is 0.0233 e. The average Bonchev–Trinajstić information content (AvgIpc) is 2.78. The highest BCUT2D eigenvalue weighted by Crippen LogP contribution is 2.29. The summed E-state index contributed by atoms with van der Waals surface area (Å²) in [6.45, 7) is 5.24. The number of piperidine rings is 1. The zero-order valence-electron chi connectivity index (χ0n) is 11.8. The van der Waals surface area contributed by atoms with Gasteiger partial charge in [-0.2, -0.15) is 0 Å². The zero-order valence-corrected chi connectivity index (χ0v) is 11.8. The normalized spacial score (nSPS) is 29.7. The molecule has 2 bridgehead atoms. The van der Waals surface area contributed by atoms with Crippen LogP contribution in [0.5, 0.6) is 0 Å². The molecule has 1 aromatic carbocycles. The molecule has 2 fully saturated rings. The fraction of sp³-hybridized carbons (Fsp3) is 0.529. The minimum absolute atomic E-state index is 0.721. The van der Waals surface area contributed by atoms with Crippen molar-refractivity contribution in [1.29, 1.82) is 0 Å². The summed E-state index contributed by atoms with van der Waals surface area (Å²) in [6, 6.07) is 12.8. The highest BCUT2D eigenvalue weighted by atomic mass is 15.2. The van der Waals surface area contributed by atoms with E-state index in [4.69, 9.17) is 0 Å². The Balaban J connectivity index is 1.59. The van der Waals surface area contributed by atoms with E-state index in [1.165, 1.54) is 36.8 Å². The second kappa shape index (κ2) is 5.48. The summed E-state index contributed by atoms with van der Waals surface area (Å²) in [5, 5.41) is 3.71. The van der Waals surface area contributed by atoms with Crippen molar-refractivity contribution in [2.24, 2.45) is 0 Å². The van der Waals surface area contributed by atoms with Crippen LogP contribution in [0.3, 0.4) is 0 Å². The molecule has 0 spiro atoms. The van der Waals surface area contributed by atoms with E-state index in [1.807, 2.05) is 0 Å². The molecule has 1 aromatic rings. The summed E-state index contributed by atoms with van der Waals surface area (Å²) in [5.41, 5.74) is 2.50. The molecule has 2 nitrogen and oxygen atoms in total. The van der Waals surface area contributed by atoms with Gasteiger partial charge in [0, 0.05) is 24.7 Å². The van der Waals surface area contributed by atoms with Crippen molar-refractivity contribution in [1.82, 2.24) is 10.2 Å². The minimum Gasteiger partial charge on any atom is -0.311 e. The summed E-state index contributed by atoms with van der Waals surface area (Å²) < 4.78 is 0. The molecule has 2 heteroatoms. The molecule has 1 N–H and O–H groups in total. The van der Waals surface area contributed by atoms with Gasteiger partial charge in [-0.1, -0.05) is 36.9 Å². The van der Waals surface area contributed by atoms with Gasteiger partial charge in [-0.25, -0.2) is 0 Å². The maximum atomic E-state index is 4.26. The Morgan fingerprint density at radius 1 is 1.21 bits per heavy atom. The van der Waals surface area contributed by atoms with Gasteiger partial charge in [-0.15, -0.1) is 0 Å². The Hall–Kier alpha value is -1.12. The molecule has 0 aliphatic carbocycles. The highest BCUT2D eigenvalue weighted by Gasteiger charge is 2.34. The molecular weight excluding hydrogens is 232 g/mol. The van der Waals surface area contributed by atoms with E-state index < -0.39 is 0 Å². The minimum atomic E-state index is 0.721. The number of fused-ring (bicyclic) bond motifs is 2. The van der Waals surface area contributed by atoms with Crippen LogP contribution in [-0.4, -0.2) is 36.6 Å². The van der Waals surface area contributed by atoms with Crippen LogP contribution >= 0.6 is 0 Å². The van der Waals surface area contributed by atoms with Crippen molar-refractivity contribution in [2.45, 2.75) is 43.8 Å². The third-order valence-electron chi connectivity index (χ3n) is 4.69. The number of rotatable bonds is 4. The fourth-order valence-electron chi connectivity index (χ4n) is 3.58. The summed E-state index contributed by atoms with van der Waals surface area (Å²) in [7, 11) is 2.25. The van der Waals surface area contributed by atoms with Gasteiger partial charge >= 0.3 is 0 Å². The molecule has 2 aliphatic rings. The van der Waals surface area contributed by atoms with Crippen LogP contribution in [0.2, 0.25) is 0 Å². The first-order chi connectivity index (χ1) is 9.22. The van der Waals surface area contributed by atoms with Crippen molar-refractivity contribution in [3.05, 3.63) is 42.5 Å². The maximum absolute atomic E-state index is 4.26. The largest absolute Gasteiger partial charge is 0.311 e. The Labute approximate surface area is 116 Å². The topological polar surface area (TPSA) is 15.3 Å². The number of nitrogens with zero attached hydrogens (tertiary/aromatic N) is 1. The predicted octanol–water partition coefficient (Wildman–Crippen LogP) is 2.91. The average molecular weight is 256 g/mol. The van der Waals surface area contributed by atoms with Crippen molar-refractivity contribution in [2.75, 3.05) is 13.6 Å². The van der Waals surface area contributed by atoms with Gasteiger partial charge in [0.05, 0.1) is 0 Å². The highest BCUT2D eigenvalue weighted by molar-refractivity contribution is 5.64. The van der Waals surface area contributed by atoms with Crippen molar-refractivity contribution >= 4 is 5.57 Å². The van der Waals surface area contributed by atoms with Gasteiger partial charge < -0.3 is 5.32 Å². The first-order valence-corrected chi connectivity index (χ1v) is 7.42. The standard InChI is InChI=1S/C17H24N2/c1-13(14-6-4-3-5-7-14)12-19(2)17-10-15-8-9-16(11-17)18-15/h3-7,15-18H,1,8-12H2,2H3. The predicted molar refractivity (Wildman–Crippen MR) is 81.1 cm³/mol. The molecule has 0 amide bonds. The number of hydrogen-bond acceptors (Lipinski definition) is 2. The summed E-state index contributed by atoms with van der Waals surface area (Å²) in [6.07, 6.45) is 5.34. The Bertz CT molecular complexity index is 428. The van der Waals surface area contributed by atoms with Crippen LogP contribution < -0.4 is 5.32 Å². The van der Waals surface area contributed by atoms with Gasteiger partial charge in [-0.05, 0) is 43.9 Å². The molecule has 3 rings (SSSR count). The van der Waals surface area contributed by atoms with E-state index in [-0.39, 0.29) is 0 Å². The second-order valence-electron chi connectivity index (χ2n) is 6.15. The van der Waals surface area contributed by atoms with Crippen LogP contribution in [0.15, 0.2) is 36.9 Å². The molecule has 0 saturated carbocycles. The van der Waals surface area contributed by atoms with Crippen molar-refractivity contribution in [3.8, 4) is 0 Å². The lowest BCUT2D eigenvalue weighted by Gasteiger charge is -2.36. The quantitative estimate of drug-likeness (QED) is 0.891. The number of hydrogen-bond donors (Lipinski definition) is 1. The van der Waals surface area contributed by atoms with Gasteiger partial charge in [0.1, 0.15) is 0 Å². The number of benzene rings is 1. The number of likely N-dealkylation sites (N-methyl/N-ethyl adjacent to an activating group) is 1. The van der Waals surface area contributed by atoms with Crippen LogP contribution in [0.25, 0.3) is 5.57 Å². The maximum Gasteiger partial charge on any atom is 0.0233 e. The molecule has 0 aromatic heterocycles. The van der Waals surface area contributed by atoms with Crippen molar-refractivity contribution < 1.29 is 0 Å². The molecule has 2 aliphatic heterocycles.